The fourth-order valence-corrected chi connectivity index (χ4v) is 3.44. The van der Waals surface area contributed by atoms with Gasteiger partial charge in [0.15, 0.2) is 5.58 Å². The van der Waals surface area contributed by atoms with E-state index in [1.54, 1.807) is 24.3 Å². The number of aryl methyl sites for hydroxylation is 2. The number of halogens is 2. The number of carbonyl (C=O) groups excluding carboxylic acids is 1. The lowest BCUT2D eigenvalue weighted by molar-refractivity contribution is 0.102. The Bertz CT molecular complexity index is 1200. The van der Waals surface area contributed by atoms with Crippen LogP contribution in [0.2, 0.25) is 10.0 Å². The Labute approximate surface area is 172 Å². The van der Waals surface area contributed by atoms with Gasteiger partial charge in [0.2, 0.25) is 5.89 Å². The van der Waals surface area contributed by atoms with Gasteiger partial charge in [0.1, 0.15) is 5.52 Å². The van der Waals surface area contributed by atoms with Crippen molar-refractivity contribution in [3.8, 4) is 11.5 Å². The molecule has 0 unspecified atom stereocenters. The number of benzene rings is 3. The molecule has 4 nitrogen and oxygen atoms in total. The van der Waals surface area contributed by atoms with Gasteiger partial charge in [-0.2, -0.15) is 0 Å². The molecule has 0 aliphatic carbocycles. The Morgan fingerprint density at radius 3 is 2.50 bits per heavy atom. The average molecular weight is 411 g/mol. The molecule has 1 heterocycles. The van der Waals surface area contributed by atoms with Crippen LogP contribution in [-0.2, 0) is 0 Å². The van der Waals surface area contributed by atoms with E-state index in [9.17, 15) is 4.79 Å². The number of rotatable bonds is 3. The molecule has 4 rings (SSSR count). The van der Waals surface area contributed by atoms with Crippen molar-refractivity contribution in [1.29, 1.82) is 0 Å². The lowest BCUT2D eigenvalue weighted by atomic mass is 10.1. The third-order valence-corrected chi connectivity index (χ3v) is 4.95. The highest BCUT2D eigenvalue weighted by molar-refractivity contribution is 6.36. The highest BCUT2D eigenvalue weighted by Gasteiger charge is 2.13. The number of hydrogen-bond donors (Lipinski definition) is 1. The predicted octanol–water partition coefficient (Wildman–Crippen LogP) is 6.67. The highest BCUT2D eigenvalue weighted by atomic mass is 35.5. The lowest BCUT2D eigenvalue weighted by Crippen LogP contribution is -2.12. The van der Waals surface area contributed by atoms with Crippen LogP contribution in [0.4, 0.5) is 5.69 Å². The van der Waals surface area contributed by atoms with Crippen LogP contribution in [0.15, 0.2) is 59.0 Å². The van der Waals surface area contributed by atoms with Gasteiger partial charge in [0, 0.05) is 16.3 Å². The van der Waals surface area contributed by atoms with E-state index in [1.807, 2.05) is 32.0 Å². The zero-order valence-electron chi connectivity index (χ0n) is 15.2. The standard InChI is InChI=1S/C22H16Cl2N2O2/c1-12-9-13(2)20-19(10-12)26-22(28-20)14-3-6-16(7-4-14)25-21(27)17-11-15(23)5-8-18(17)24/h3-11H,1-2H3,(H,25,27). The quantitative estimate of drug-likeness (QED) is 0.410. The van der Waals surface area contributed by atoms with Crippen LogP contribution in [0, 0.1) is 13.8 Å². The van der Waals surface area contributed by atoms with Crippen LogP contribution in [-0.4, -0.2) is 10.9 Å². The number of aromatic nitrogens is 1. The van der Waals surface area contributed by atoms with Gasteiger partial charge in [-0.1, -0.05) is 29.3 Å². The summed E-state index contributed by atoms with van der Waals surface area (Å²) in [5.41, 5.74) is 5.59. The summed E-state index contributed by atoms with van der Waals surface area (Å²) in [5.74, 6) is 0.215. The molecule has 0 atom stereocenters. The van der Waals surface area contributed by atoms with E-state index < -0.39 is 0 Å². The first-order valence-electron chi connectivity index (χ1n) is 8.65. The Hall–Kier alpha value is -2.82. The SMILES string of the molecule is Cc1cc(C)c2oc(-c3ccc(NC(=O)c4cc(Cl)ccc4Cl)cc3)nc2c1. The predicted molar refractivity (Wildman–Crippen MR) is 113 cm³/mol. The van der Waals surface area contributed by atoms with Gasteiger partial charge in [-0.15, -0.1) is 0 Å². The summed E-state index contributed by atoms with van der Waals surface area (Å²) in [4.78, 5) is 17.0. The summed E-state index contributed by atoms with van der Waals surface area (Å²) >= 11 is 12.0. The molecule has 0 radical (unpaired) electrons. The summed E-state index contributed by atoms with van der Waals surface area (Å²) in [6.07, 6.45) is 0. The van der Waals surface area contributed by atoms with E-state index in [4.69, 9.17) is 27.6 Å². The molecular weight excluding hydrogens is 395 g/mol. The number of oxazole rings is 1. The van der Waals surface area contributed by atoms with Gasteiger partial charge < -0.3 is 9.73 Å². The van der Waals surface area contributed by atoms with Crippen LogP contribution in [0.25, 0.3) is 22.6 Å². The number of nitrogens with one attached hydrogen (secondary N) is 1. The molecular formula is C22H16Cl2N2O2. The topological polar surface area (TPSA) is 55.1 Å². The number of amides is 1. The van der Waals surface area contributed by atoms with Crippen molar-refractivity contribution in [3.05, 3.63) is 81.3 Å². The minimum atomic E-state index is -0.326. The fourth-order valence-electron chi connectivity index (χ4n) is 3.07. The second-order valence-electron chi connectivity index (χ2n) is 6.60. The zero-order valence-corrected chi connectivity index (χ0v) is 16.7. The largest absolute Gasteiger partial charge is 0.436 e. The molecule has 0 bridgehead atoms. The third-order valence-electron chi connectivity index (χ3n) is 4.38. The van der Waals surface area contributed by atoms with Gasteiger partial charge in [0.25, 0.3) is 5.91 Å². The Kier molecular flexibility index (Phi) is 4.84. The van der Waals surface area contributed by atoms with E-state index in [0.717, 1.165) is 27.8 Å². The summed E-state index contributed by atoms with van der Waals surface area (Å²) in [5, 5.41) is 3.61. The summed E-state index contributed by atoms with van der Waals surface area (Å²) in [6.45, 7) is 4.04. The Morgan fingerprint density at radius 2 is 1.75 bits per heavy atom. The van der Waals surface area contributed by atoms with Crippen molar-refractivity contribution in [2.45, 2.75) is 13.8 Å². The van der Waals surface area contributed by atoms with Crippen LogP contribution in [0.3, 0.4) is 0 Å². The molecule has 1 N–H and O–H groups in total. The molecule has 0 spiro atoms. The first kappa shape index (κ1) is 18.5. The summed E-state index contributed by atoms with van der Waals surface area (Å²) in [6, 6.07) is 16.1. The number of carbonyl (C=O) groups is 1. The molecule has 0 fully saturated rings. The van der Waals surface area contributed by atoms with Crippen LogP contribution in [0.5, 0.6) is 0 Å². The van der Waals surface area contributed by atoms with Crippen molar-refractivity contribution in [2.24, 2.45) is 0 Å². The van der Waals surface area contributed by atoms with Crippen LogP contribution in [0.1, 0.15) is 21.5 Å². The lowest BCUT2D eigenvalue weighted by Gasteiger charge is -2.07. The van der Waals surface area contributed by atoms with E-state index in [1.165, 1.54) is 6.07 Å². The first-order chi connectivity index (χ1) is 13.4. The highest BCUT2D eigenvalue weighted by Crippen LogP contribution is 2.28. The van der Waals surface area contributed by atoms with Gasteiger partial charge in [-0.25, -0.2) is 4.98 Å². The number of fused-ring (bicyclic) bond motifs is 1. The second kappa shape index (κ2) is 7.30. The third kappa shape index (κ3) is 3.61. The van der Waals surface area contributed by atoms with E-state index in [2.05, 4.69) is 16.4 Å². The molecule has 1 amide bonds. The van der Waals surface area contributed by atoms with Crippen molar-refractivity contribution in [3.63, 3.8) is 0 Å². The van der Waals surface area contributed by atoms with Crippen molar-refractivity contribution in [1.82, 2.24) is 4.98 Å². The smallest absolute Gasteiger partial charge is 0.257 e. The van der Waals surface area contributed by atoms with Crippen LogP contribution >= 0.6 is 23.2 Å². The van der Waals surface area contributed by atoms with E-state index in [-0.39, 0.29) is 5.91 Å². The molecule has 1 aromatic heterocycles. The minimum absolute atomic E-state index is 0.322. The van der Waals surface area contributed by atoms with Crippen molar-refractivity contribution in [2.75, 3.05) is 5.32 Å². The number of nitrogens with zero attached hydrogens (tertiary/aromatic N) is 1. The summed E-state index contributed by atoms with van der Waals surface area (Å²) in [7, 11) is 0. The van der Waals surface area contributed by atoms with Crippen LogP contribution < -0.4 is 5.32 Å². The molecule has 0 saturated carbocycles. The fraction of sp³-hybridized carbons (Fsp3) is 0.0909. The normalized spacial score (nSPS) is 11.0. The zero-order chi connectivity index (χ0) is 19.8. The number of anilines is 1. The molecule has 28 heavy (non-hydrogen) atoms. The minimum Gasteiger partial charge on any atom is -0.436 e. The van der Waals surface area contributed by atoms with Gasteiger partial charge >= 0.3 is 0 Å². The van der Waals surface area contributed by atoms with Crippen molar-refractivity contribution >= 4 is 45.9 Å². The first-order valence-corrected chi connectivity index (χ1v) is 9.41. The molecule has 6 heteroatoms. The average Bonchev–Trinajstić information content (AvgIpc) is 3.08. The Balaban J connectivity index is 1.58. The monoisotopic (exact) mass is 410 g/mol. The molecule has 0 saturated heterocycles. The van der Waals surface area contributed by atoms with E-state index in [0.29, 0.717) is 27.2 Å². The number of hydrogen-bond acceptors (Lipinski definition) is 3. The van der Waals surface area contributed by atoms with Gasteiger partial charge in [0.05, 0.1) is 10.6 Å². The molecule has 4 aromatic rings. The maximum atomic E-state index is 12.4. The molecule has 0 aliphatic rings. The molecule has 140 valence electrons. The molecule has 3 aromatic carbocycles. The van der Waals surface area contributed by atoms with Gasteiger partial charge in [-0.05, 0) is 73.5 Å². The maximum absolute atomic E-state index is 12.4. The second-order valence-corrected chi connectivity index (χ2v) is 7.45. The van der Waals surface area contributed by atoms with Gasteiger partial charge in [-0.3, -0.25) is 4.79 Å². The maximum Gasteiger partial charge on any atom is 0.257 e. The molecule has 0 aliphatic heterocycles. The van der Waals surface area contributed by atoms with E-state index >= 15 is 0 Å². The van der Waals surface area contributed by atoms with Crippen molar-refractivity contribution < 1.29 is 9.21 Å². The summed E-state index contributed by atoms with van der Waals surface area (Å²) < 4.78 is 5.93. The Morgan fingerprint density at radius 1 is 1.00 bits per heavy atom.